The van der Waals surface area contributed by atoms with Gasteiger partial charge in [0.25, 0.3) is 0 Å². The Bertz CT molecular complexity index is 521. The van der Waals surface area contributed by atoms with Crippen LogP contribution < -0.4 is 5.32 Å². The number of sulfone groups is 1. The lowest BCUT2D eigenvalue weighted by Gasteiger charge is -2.33. The first-order chi connectivity index (χ1) is 10.3. The Balaban J connectivity index is 5.15. The Morgan fingerprint density at radius 1 is 1.22 bits per heavy atom. The van der Waals surface area contributed by atoms with Crippen LogP contribution in [0.25, 0.3) is 0 Å². The highest BCUT2D eigenvalue weighted by Crippen LogP contribution is 2.32. The molecule has 1 atom stereocenters. The number of hydrogen-bond donors (Lipinski definition) is 2. The molecule has 0 bridgehead atoms. The predicted molar refractivity (Wildman–Crippen MR) is 88.1 cm³/mol. The summed E-state index contributed by atoms with van der Waals surface area (Å²) in [4.78, 5) is 23.5. The fraction of sp³-hybridized carbons (Fsp3) is 0.867. The molecule has 136 valence electrons. The van der Waals surface area contributed by atoms with E-state index in [4.69, 9.17) is 4.74 Å². The molecule has 0 heterocycles. The maximum Gasteiger partial charge on any atom is 0.407 e. The van der Waals surface area contributed by atoms with E-state index in [0.29, 0.717) is 0 Å². The number of carboxylic acid groups (broad SMARTS) is 1. The minimum absolute atomic E-state index is 0.0414. The van der Waals surface area contributed by atoms with Crippen LogP contribution in [0.15, 0.2) is 0 Å². The first-order valence-corrected chi connectivity index (χ1v) is 9.48. The van der Waals surface area contributed by atoms with Gasteiger partial charge in [0.1, 0.15) is 15.4 Å². The maximum atomic E-state index is 11.8. The molecule has 0 aliphatic carbocycles. The van der Waals surface area contributed by atoms with E-state index in [1.54, 1.807) is 34.6 Å². The topological polar surface area (TPSA) is 110 Å². The van der Waals surface area contributed by atoms with E-state index >= 15 is 0 Å². The van der Waals surface area contributed by atoms with Crippen molar-refractivity contribution in [1.29, 1.82) is 0 Å². The van der Waals surface area contributed by atoms with Crippen molar-refractivity contribution in [3.05, 3.63) is 0 Å². The highest BCUT2D eigenvalue weighted by Gasteiger charge is 2.43. The molecule has 23 heavy (non-hydrogen) atoms. The number of carboxylic acids is 1. The summed E-state index contributed by atoms with van der Waals surface area (Å²) in [6.07, 6.45) is -0.784. The van der Waals surface area contributed by atoms with Crippen LogP contribution >= 0.6 is 0 Å². The number of hydrogen-bond acceptors (Lipinski definition) is 5. The van der Waals surface area contributed by atoms with Gasteiger partial charge in [0.2, 0.25) is 0 Å². The predicted octanol–water partition coefficient (Wildman–Crippen LogP) is 2.06. The number of aliphatic carboxylic acids is 1. The number of amides is 1. The molecule has 0 rings (SSSR count). The van der Waals surface area contributed by atoms with Crippen molar-refractivity contribution < 1.29 is 27.9 Å². The van der Waals surface area contributed by atoms with Crippen molar-refractivity contribution in [2.24, 2.45) is 11.3 Å². The second-order valence-corrected chi connectivity index (χ2v) is 9.43. The van der Waals surface area contributed by atoms with Crippen LogP contribution in [0, 0.1) is 11.3 Å². The maximum absolute atomic E-state index is 11.8. The summed E-state index contributed by atoms with van der Waals surface area (Å²) in [6, 6.07) is 0. The van der Waals surface area contributed by atoms with Crippen molar-refractivity contribution in [2.75, 3.05) is 18.1 Å². The van der Waals surface area contributed by atoms with Gasteiger partial charge in [-0.3, -0.25) is 4.79 Å². The van der Waals surface area contributed by atoms with E-state index < -0.39 is 32.9 Å². The van der Waals surface area contributed by atoms with E-state index in [-0.39, 0.29) is 30.4 Å². The van der Waals surface area contributed by atoms with Crippen molar-refractivity contribution in [2.45, 2.75) is 53.6 Å². The minimum Gasteiger partial charge on any atom is -0.481 e. The minimum atomic E-state index is -3.29. The summed E-state index contributed by atoms with van der Waals surface area (Å²) < 4.78 is 28.5. The number of alkyl carbamates (subject to hydrolysis) is 1. The molecule has 1 unspecified atom stereocenters. The average Bonchev–Trinajstić information content (AvgIpc) is 2.36. The highest BCUT2D eigenvalue weighted by atomic mass is 32.2. The summed E-state index contributed by atoms with van der Waals surface area (Å²) in [5.41, 5.74) is -2.06. The van der Waals surface area contributed by atoms with Gasteiger partial charge in [0.15, 0.2) is 0 Å². The van der Waals surface area contributed by atoms with Crippen LogP contribution in [0.3, 0.4) is 0 Å². The number of rotatable bonds is 8. The van der Waals surface area contributed by atoms with Crippen LogP contribution in [-0.2, 0) is 19.4 Å². The first-order valence-electron chi connectivity index (χ1n) is 7.66. The summed E-state index contributed by atoms with van der Waals surface area (Å²) in [7, 11) is -3.29. The van der Waals surface area contributed by atoms with Gasteiger partial charge in [-0.25, -0.2) is 13.2 Å². The molecule has 0 spiro atoms. The van der Waals surface area contributed by atoms with Gasteiger partial charge in [-0.05, 0) is 33.1 Å². The Hall–Kier alpha value is -1.31. The van der Waals surface area contributed by atoms with E-state index in [2.05, 4.69) is 5.32 Å². The van der Waals surface area contributed by atoms with Gasteiger partial charge in [-0.15, -0.1) is 0 Å². The smallest absolute Gasteiger partial charge is 0.407 e. The zero-order valence-electron chi connectivity index (χ0n) is 14.8. The molecule has 8 heteroatoms. The van der Waals surface area contributed by atoms with Gasteiger partial charge in [-0.1, -0.05) is 20.8 Å². The summed E-state index contributed by atoms with van der Waals surface area (Å²) in [5.74, 6) is -1.76. The number of nitrogens with one attached hydrogen (secondary N) is 1. The zero-order valence-corrected chi connectivity index (χ0v) is 15.6. The number of carbonyl (C=O) groups excluding carboxylic acids is 1. The molecule has 0 aliphatic heterocycles. The van der Waals surface area contributed by atoms with Crippen molar-refractivity contribution in [3.8, 4) is 0 Å². The molecule has 0 aromatic heterocycles. The molecule has 0 aromatic rings. The average molecular weight is 351 g/mol. The van der Waals surface area contributed by atoms with Gasteiger partial charge in [0.05, 0.1) is 11.2 Å². The standard InChI is InChI=1S/C15H29NO6S/c1-7-23(20,21)9-8-15(11(2)3,12(17)18)10-16-13(19)22-14(4,5)6/h11H,7-10H2,1-6H3,(H,16,19)(H,17,18). The van der Waals surface area contributed by atoms with Crippen LogP contribution in [0.5, 0.6) is 0 Å². The lowest BCUT2D eigenvalue weighted by molar-refractivity contribution is -0.151. The quantitative estimate of drug-likeness (QED) is 0.693. The molecule has 7 nitrogen and oxygen atoms in total. The summed E-state index contributed by atoms with van der Waals surface area (Å²) in [6.45, 7) is 9.83. The third kappa shape index (κ3) is 7.20. The second-order valence-electron chi connectivity index (χ2n) is 6.96. The lowest BCUT2D eigenvalue weighted by atomic mass is 9.75. The number of ether oxygens (including phenoxy) is 1. The van der Waals surface area contributed by atoms with Crippen molar-refractivity contribution in [1.82, 2.24) is 5.32 Å². The van der Waals surface area contributed by atoms with Crippen molar-refractivity contribution >= 4 is 21.9 Å². The van der Waals surface area contributed by atoms with Crippen LogP contribution in [-0.4, -0.2) is 49.2 Å². The van der Waals surface area contributed by atoms with Crippen LogP contribution in [0.1, 0.15) is 48.0 Å². The van der Waals surface area contributed by atoms with Gasteiger partial charge >= 0.3 is 12.1 Å². The summed E-state index contributed by atoms with van der Waals surface area (Å²) in [5, 5.41) is 12.1. The molecule has 2 N–H and O–H groups in total. The summed E-state index contributed by atoms with van der Waals surface area (Å²) >= 11 is 0. The monoisotopic (exact) mass is 351 g/mol. The van der Waals surface area contributed by atoms with E-state index in [1.807, 2.05) is 0 Å². The third-order valence-corrected chi connectivity index (χ3v) is 5.48. The molecular weight excluding hydrogens is 322 g/mol. The lowest BCUT2D eigenvalue weighted by Crippen LogP contribution is -2.48. The molecule has 1 amide bonds. The highest BCUT2D eigenvalue weighted by molar-refractivity contribution is 7.91. The zero-order chi connectivity index (χ0) is 18.5. The molecule has 0 aliphatic rings. The molecule has 0 aromatic carbocycles. The molecule has 0 saturated heterocycles. The first kappa shape index (κ1) is 21.7. The SMILES string of the molecule is CCS(=O)(=O)CCC(CNC(=O)OC(C)(C)C)(C(=O)O)C(C)C. The van der Waals surface area contributed by atoms with Crippen LogP contribution in [0.2, 0.25) is 0 Å². The Labute approximate surface area is 138 Å². The third-order valence-electron chi connectivity index (χ3n) is 3.78. The van der Waals surface area contributed by atoms with Gasteiger partial charge in [0, 0.05) is 12.3 Å². The molecule has 0 saturated carbocycles. The fourth-order valence-corrected chi connectivity index (χ4v) is 3.00. The number of carbonyl (C=O) groups is 2. The Morgan fingerprint density at radius 3 is 2.09 bits per heavy atom. The second kappa shape index (κ2) is 7.99. The molecule has 0 radical (unpaired) electrons. The van der Waals surface area contributed by atoms with Gasteiger partial charge < -0.3 is 15.2 Å². The van der Waals surface area contributed by atoms with E-state index in [1.165, 1.54) is 6.92 Å². The molecule has 0 fully saturated rings. The molecular formula is C15H29NO6S. The fourth-order valence-electron chi connectivity index (χ4n) is 2.04. The normalized spacial score (nSPS) is 15.1. The Kier molecular flexibility index (Phi) is 7.53. The van der Waals surface area contributed by atoms with Gasteiger partial charge in [-0.2, -0.15) is 0 Å². The Morgan fingerprint density at radius 2 is 1.74 bits per heavy atom. The van der Waals surface area contributed by atoms with Crippen molar-refractivity contribution in [3.63, 3.8) is 0 Å². The largest absolute Gasteiger partial charge is 0.481 e. The van der Waals surface area contributed by atoms with Crippen LogP contribution in [0.4, 0.5) is 4.79 Å². The van der Waals surface area contributed by atoms with E-state index in [9.17, 15) is 23.1 Å². The van der Waals surface area contributed by atoms with E-state index in [0.717, 1.165) is 0 Å².